The van der Waals surface area contributed by atoms with Gasteiger partial charge in [-0.25, -0.2) is 0 Å². The van der Waals surface area contributed by atoms with Crippen LogP contribution in [0.25, 0.3) is 0 Å². The molecule has 4 nitrogen and oxygen atoms in total. The van der Waals surface area contributed by atoms with Gasteiger partial charge in [0.05, 0.1) is 5.02 Å². The van der Waals surface area contributed by atoms with Crippen LogP contribution in [0.15, 0.2) is 29.0 Å². The molecule has 1 aromatic heterocycles. The van der Waals surface area contributed by atoms with Gasteiger partial charge >= 0.3 is 0 Å². The molecular formula is C10H9BrClN3O. The van der Waals surface area contributed by atoms with Gasteiger partial charge in [-0.3, -0.25) is 0 Å². The van der Waals surface area contributed by atoms with Crippen LogP contribution in [0, 0.1) is 0 Å². The summed E-state index contributed by atoms with van der Waals surface area (Å²) in [5.41, 5.74) is 0. The van der Waals surface area contributed by atoms with E-state index in [1.165, 1.54) is 0 Å². The Bertz CT molecular complexity index is 501. The predicted molar refractivity (Wildman–Crippen MR) is 64.5 cm³/mol. The highest BCUT2D eigenvalue weighted by atomic mass is 79.9. The maximum absolute atomic E-state index is 5.99. The van der Waals surface area contributed by atoms with Crippen molar-refractivity contribution in [3.63, 3.8) is 0 Å². The number of nitrogens with zero attached hydrogens (tertiary/aromatic N) is 3. The Kier molecular flexibility index (Phi) is 3.46. The summed E-state index contributed by atoms with van der Waals surface area (Å²) < 4.78 is 8.28. The second kappa shape index (κ2) is 4.84. The van der Waals surface area contributed by atoms with Gasteiger partial charge in [0.15, 0.2) is 5.82 Å². The molecule has 0 unspecified atom stereocenters. The van der Waals surface area contributed by atoms with Gasteiger partial charge in [-0.2, -0.15) is 0 Å². The third kappa shape index (κ3) is 2.54. The Hall–Kier alpha value is -1.07. The molecule has 2 aromatic rings. The molecule has 0 saturated carbocycles. The van der Waals surface area contributed by atoms with E-state index in [1.54, 1.807) is 17.0 Å². The lowest BCUT2D eigenvalue weighted by atomic mass is 10.3. The third-order valence-electron chi connectivity index (χ3n) is 2.06. The van der Waals surface area contributed by atoms with E-state index >= 15 is 0 Å². The fourth-order valence-corrected chi connectivity index (χ4v) is 1.68. The summed E-state index contributed by atoms with van der Waals surface area (Å²) in [5, 5.41) is 8.26. The van der Waals surface area contributed by atoms with Crippen LogP contribution in [0.2, 0.25) is 5.02 Å². The molecule has 84 valence electrons. The second-order valence-electron chi connectivity index (χ2n) is 3.22. The van der Waals surface area contributed by atoms with Crippen molar-refractivity contribution in [2.45, 2.75) is 6.61 Å². The van der Waals surface area contributed by atoms with Crippen LogP contribution >= 0.6 is 27.5 Å². The monoisotopic (exact) mass is 301 g/mol. The van der Waals surface area contributed by atoms with Crippen LogP contribution in [0.1, 0.15) is 5.82 Å². The minimum Gasteiger partial charge on any atom is -0.484 e. The van der Waals surface area contributed by atoms with Crippen molar-refractivity contribution in [2.24, 2.45) is 7.05 Å². The van der Waals surface area contributed by atoms with Gasteiger partial charge in [-0.05, 0) is 18.2 Å². The van der Waals surface area contributed by atoms with E-state index in [0.29, 0.717) is 17.4 Å². The normalized spacial score (nSPS) is 10.4. The van der Waals surface area contributed by atoms with E-state index in [9.17, 15) is 0 Å². The number of aryl methyl sites for hydroxylation is 1. The fraction of sp³-hybridized carbons (Fsp3) is 0.200. The van der Waals surface area contributed by atoms with E-state index in [0.717, 1.165) is 10.3 Å². The molecule has 0 atom stereocenters. The predicted octanol–water partition coefficient (Wildman–Crippen LogP) is 2.81. The van der Waals surface area contributed by atoms with Crippen molar-refractivity contribution in [1.82, 2.24) is 14.8 Å². The Morgan fingerprint density at radius 3 is 3.00 bits per heavy atom. The molecule has 1 aromatic carbocycles. The van der Waals surface area contributed by atoms with Crippen LogP contribution in [-0.2, 0) is 13.7 Å². The zero-order valence-corrected chi connectivity index (χ0v) is 10.9. The lowest BCUT2D eigenvalue weighted by molar-refractivity contribution is 0.291. The first kappa shape index (κ1) is 11.4. The highest BCUT2D eigenvalue weighted by Crippen LogP contribution is 2.28. The van der Waals surface area contributed by atoms with Crippen molar-refractivity contribution in [1.29, 1.82) is 0 Å². The van der Waals surface area contributed by atoms with Gasteiger partial charge in [-0.15, -0.1) is 10.2 Å². The number of aromatic nitrogens is 3. The van der Waals surface area contributed by atoms with E-state index < -0.39 is 0 Å². The van der Waals surface area contributed by atoms with Crippen molar-refractivity contribution in [2.75, 3.05) is 0 Å². The molecule has 0 radical (unpaired) electrons. The van der Waals surface area contributed by atoms with Gasteiger partial charge < -0.3 is 9.30 Å². The molecule has 16 heavy (non-hydrogen) atoms. The van der Waals surface area contributed by atoms with Crippen molar-refractivity contribution < 1.29 is 4.74 Å². The minimum atomic E-state index is 0.340. The summed E-state index contributed by atoms with van der Waals surface area (Å²) in [7, 11) is 1.86. The van der Waals surface area contributed by atoms with Crippen LogP contribution in [-0.4, -0.2) is 14.8 Å². The first-order valence-electron chi connectivity index (χ1n) is 4.57. The summed E-state index contributed by atoms with van der Waals surface area (Å²) in [5.74, 6) is 1.37. The highest BCUT2D eigenvalue weighted by molar-refractivity contribution is 9.10. The van der Waals surface area contributed by atoms with Crippen LogP contribution in [0.5, 0.6) is 5.75 Å². The Morgan fingerprint density at radius 2 is 2.31 bits per heavy atom. The van der Waals surface area contributed by atoms with Gasteiger partial charge in [0.25, 0.3) is 0 Å². The van der Waals surface area contributed by atoms with Gasteiger partial charge in [0.1, 0.15) is 18.7 Å². The molecule has 0 aliphatic rings. The Morgan fingerprint density at radius 1 is 1.50 bits per heavy atom. The molecule has 6 heteroatoms. The number of rotatable bonds is 3. The van der Waals surface area contributed by atoms with E-state index in [-0.39, 0.29) is 0 Å². The summed E-state index contributed by atoms with van der Waals surface area (Å²) in [6.07, 6.45) is 1.63. The smallest absolute Gasteiger partial charge is 0.170 e. The molecule has 0 aliphatic heterocycles. The lowest BCUT2D eigenvalue weighted by Crippen LogP contribution is -2.03. The van der Waals surface area contributed by atoms with Crippen LogP contribution in [0.4, 0.5) is 0 Å². The number of hydrogen-bond acceptors (Lipinski definition) is 3. The number of ether oxygens (including phenoxy) is 1. The first-order valence-corrected chi connectivity index (χ1v) is 5.74. The Balaban J connectivity index is 2.10. The van der Waals surface area contributed by atoms with Gasteiger partial charge in [0, 0.05) is 11.5 Å². The molecule has 2 rings (SSSR count). The van der Waals surface area contributed by atoms with Crippen LogP contribution in [0.3, 0.4) is 0 Å². The summed E-state index contributed by atoms with van der Waals surface area (Å²) in [6.45, 7) is 0.340. The third-order valence-corrected chi connectivity index (χ3v) is 2.86. The van der Waals surface area contributed by atoms with E-state index in [1.807, 2.05) is 19.2 Å². The van der Waals surface area contributed by atoms with Gasteiger partial charge in [0.2, 0.25) is 0 Å². The van der Waals surface area contributed by atoms with Crippen LogP contribution < -0.4 is 4.74 Å². The molecule has 0 amide bonds. The average Bonchev–Trinajstić information content (AvgIpc) is 2.66. The maximum atomic E-state index is 5.99. The topological polar surface area (TPSA) is 39.9 Å². The second-order valence-corrected chi connectivity index (χ2v) is 4.54. The van der Waals surface area contributed by atoms with E-state index in [2.05, 4.69) is 26.1 Å². The summed E-state index contributed by atoms with van der Waals surface area (Å²) in [4.78, 5) is 0. The molecule has 0 aliphatic carbocycles. The molecule has 0 spiro atoms. The van der Waals surface area contributed by atoms with Crippen molar-refractivity contribution in [3.05, 3.63) is 39.8 Å². The highest BCUT2D eigenvalue weighted by Gasteiger charge is 2.05. The van der Waals surface area contributed by atoms with E-state index in [4.69, 9.17) is 16.3 Å². The van der Waals surface area contributed by atoms with Gasteiger partial charge in [-0.1, -0.05) is 27.5 Å². The largest absolute Gasteiger partial charge is 0.484 e. The molecule has 0 saturated heterocycles. The molecule has 1 heterocycles. The summed E-state index contributed by atoms with van der Waals surface area (Å²) >= 11 is 9.35. The standard InChI is InChI=1S/C10H9BrClN3O/c1-15-6-13-14-10(15)5-16-9-4-7(11)2-3-8(9)12/h2-4,6H,5H2,1H3. The maximum Gasteiger partial charge on any atom is 0.170 e. The first-order chi connectivity index (χ1) is 7.66. The van der Waals surface area contributed by atoms with Crippen molar-refractivity contribution in [3.8, 4) is 5.75 Å². The molecule has 0 bridgehead atoms. The quantitative estimate of drug-likeness (QED) is 0.875. The summed E-state index contributed by atoms with van der Waals surface area (Å²) in [6, 6.07) is 5.45. The SMILES string of the molecule is Cn1cnnc1COc1cc(Br)ccc1Cl. The van der Waals surface area contributed by atoms with Crippen molar-refractivity contribution >= 4 is 27.5 Å². The zero-order chi connectivity index (χ0) is 11.5. The average molecular weight is 303 g/mol. The number of halogens is 2. The minimum absolute atomic E-state index is 0.340. The molecule has 0 fully saturated rings. The lowest BCUT2D eigenvalue weighted by Gasteiger charge is -2.07. The molecule has 0 N–H and O–H groups in total. The zero-order valence-electron chi connectivity index (χ0n) is 8.52. The fourth-order valence-electron chi connectivity index (χ4n) is 1.17. The molecular weight excluding hydrogens is 293 g/mol. The Labute approximate surface area is 106 Å². The number of hydrogen-bond donors (Lipinski definition) is 0. The number of benzene rings is 1.